The van der Waals surface area contributed by atoms with E-state index in [4.69, 9.17) is 17.3 Å². The number of likely N-dealkylation sites (N-methyl/N-ethyl adjacent to an activating group) is 1. The molecular weight excluding hydrogens is 274 g/mol. The van der Waals surface area contributed by atoms with E-state index in [9.17, 15) is 4.79 Å². The van der Waals surface area contributed by atoms with Crippen molar-refractivity contribution in [3.8, 4) is 0 Å². The van der Waals surface area contributed by atoms with Gasteiger partial charge in [0.1, 0.15) is 5.84 Å². The molecule has 5 nitrogen and oxygen atoms in total. The first kappa shape index (κ1) is 16.1. The van der Waals surface area contributed by atoms with Crippen molar-refractivity contribution in [2.24, 2.45) is 4.99 Å². The smallest absolute Gasteiger partial charge is 0.410 e. The van der Waals surface area contributed by atoms with Gasteiger partial charge in [0, 0.05) is 19.5 Å². The van der Waals surface area contributed by atoms with Crippen LogP contribution < -0.4 is 5.32 Å². The molecule has 108 valence electrons. The molecule has 20 heavy (non-hydrogen) atoms. The Balaban J connectivity index is 2.93. The van der Waals surface area contributed by atoms with Gasteiger partial charge in [0.2, 0.25) is 5.11 Å². The van der Waals surface area contributed by atoms with E-state index >= 15 is 0 Å². The normalized spacial score (nSPS) is 11.0. The maximum atomic E-state index is 10.6. The number of benzene rings is 1. The minimum atomic E-state index is -1.20. The lowest BCUT2D eigenvalue weighted by molar-refractivity contribution is 0.200. The van der Waals surface area contributed by atoms with Crippen molar-refractivity contribution in [2.75, 3.05) is 13.1 Å². The van der Waals surface area contributed by atoms with E-state index in [-0.39, 0.29) is 5.11 Å². The predicted molar refractivity (Wildman–Crippen MR) is 84.3 cm³/mol. The Morgan fingerprint density at radius 2 is 1.90 bits per heavy atom. The van der Waals surface area contributed by atoms with Crippen LogP contribution in [0, 0.1) is 0 Å². The summed E-state index contributed by atoms with van der Waals surface area (Å²) in [4.78, 5) is 16.9. The van der Waals surface area contributed by atoms with E-state index in [2.05, 4.69) is 15.2 Å². The molecule has 1 rings (SSSR count). The number of amides is 1. The molecule has 0 bridgehead atoms. The quantitative estimate of drug-likeness (QED) is 0.508. The molecule has 0 aliphatic carbocycles. The van der Waals surface area contributed by atoms with Crippen LogP contribution in [0.25, 0.3) is 0 Å². The Morgan fingerprint density at radius 3 is 2.40 bits per heavy atom. The van der Waals surface area contributed by atoms with Crippen LogP contribution in [0.4, 0.5) is 4.79 Å². The van der Waals surface area contributed by atoms with Crippen molar-refractivity contribution in [3.63, 3.8) is 0 Å². The van der Waals surface area contributed by atoms with Crippen molar-refractivity contribution in [1.82, 2.24) is 10.2 Å². The fourth-order valence-electron chi connectivity index (χ4n) is 1.83. The van der Waals surface area contributed by atoms with Crippen LogP contribution in [0.3, 0.4) is 0 Å². The predicted octanol–water partition coefficient (Wildman–Crippen LogP) is 2.52. The lowest BCUT2D eigenvalue weighted by Crippen LogP contribution is -2.35. The topological polar surface area (TPSA) is 64.9 Å². The number of nitrogens with one attached hydrogen (secondary N) is 1. The van der Waals surface area contributed by atoms with Crippen LogP contribution in [-0.2, 0) is 6.42 Å². The van der Waals surface area contributed by atoms with Crippen LogP contribution in [0.5, 0.6) is 0 Å². The van der Waals surface area contributed by atoms with Crippen LogP contribution in [0.2, 0.25) is 0 Å². The Labute approximate surface area is 124 Å². The fraction of sp³-hybridized carbons (Fsp3) is 0.357. The highest BCUT2D eigenvalue weighted by Gasteiger charge is 2.10. The zero-order chi connectivity index (χ0) is 15.0. The average molecular weight is 293 g/mol. The molecule has 0 fully saturated rings. The fourth-order valence-corrected chi connectivity index (χ4v) is 2.02. The molecule has 1 amide bonds. The summed E-state index contributed by atoms with van der Waals surface area (Å²) >= 11 is 4.93. The van der Waals surface area contributed by atoms with E-state index in [1.807, 2.05) is 44.2 Å². The number of carboxylic acid groups (broad SMARTS) is 1. The number of hydrogen-bond acceptors (Lipinski definition) is 2. The molecule has 0 unspecified atom stereocenters. The Morgan fingerprint density at radius 1 is 1.30 bits per heavy atom. The van der Waals surface area contributed by atoms with Gasteiger partial charge in [-0.2, -0.15) is 0 Å². The number of rotatable bonds is 4. The van der Waals surface area contributed by atoms with Gasteiger partial charge in [-0.25, -0.2) is 9.79 Å². The molecule has 0 atom stereocenters. The van der Waals surface area contributed by atoms with E-state index in [1.54, 1.807) is 0 Å². The molecule has 0 saturated heterocycles. The average Bonchev–Trinajstić information content (AvgIpc) is 2.40. The number of thiocarbonyl (C=S) groups is 1. The second-order valence-corrected chi connectivity index (χ2v) is 4.48. The van der Waals surface area contributed by atoms with Gasteiger partial charge in [0.05, 0.1) is 0 Å². The summed E-state index contributed by atoms with van der Waals surface area (Å²) < 4.78 is 0. The van der Waals surface area contributed by atoms with Crippen molar-refractivity contribution >= 4 is 29.3 Å². The summed E-state index contributed by atoms with van der Waals surface area (Å²) in [6, 6.07) is 9.89. The second kappa shape index (κ2) is 8.27. The molecule has 0 heterocycles. The highest BCUT2D eigenvalue weighted by molar-refractivity contribution is 7.80. The number of hydrogen-bond donors (Lipinski definition) is 2. The maximum Gasteiger partial charge on any atom is 0.410 e. The van der Waals surface area contributed by atoms with Gasteiger partial charge in [-0.3, -0.25) is 5.32 Å². The summed E-state index contributed by atoms with van der Waals surface area (Å²) in [5, 5.41) is 10.7. The first-order valence-corrected chi connectivity index (χ1v) is 6.88. The van der Waals surface area contributed by atoms with Crippen LogP contribution >= 0.6 is 12.2 Å². The third kappa shape index (κ3) is 5.36. The zero-order valence-electron chi connectivity index (χ0n) is 11.7. The minimum Gasteiger partial charge on any atom is -0.465 e. The molecule has 1 aromatic rings. The van der Waals surface area contributed by atoms with Crippen molar-refractivity contribution in [1.29, 1.82) is 0 Å². The number of aliphatic imine (C=N–C) groups is 1. The Bertz CT molecular complexity index is 484. The van der Waals surface area contributed by atoms with Crippen LogP contribution in [0.15, 0.2) is 35.3 Å². The number of amidine groups is 1. The highest BCUT2D eigenvalue weighted by Crippen LogP contribution is 2.05. The first-order chi connectivity index (χ1) is 9.56. The molecule has 6 heteroatoms. The highest BCUT2D eigenvalue weighted by atomic mass is 32.1. The third-order valence-electron chi connectivity index (χ3n) is 2.78. The van der Waals surface area contributed by atoms with Crippen molar-refractivity contribution in [2.45, 2.75) is 20.3 Å². The van der Waals surface area contributed by atoms with Gasteiger partial charge in [-0.15, -0.1) is 0 Å². The third-order valence-corrected chi connectivity index (χ3v) is 2.97. The first-order valence-electron chi connectivity index (χ1n) is 6.47. The van der Waals surface area contributed by atoms with Crippen molar-refractivity contribution in [3.05, 3.63) is 35.9 Å². The molecule has 0 saturated carbocycles. The van der Waals surface area contributed by atoms with Gasteiger partial charge >= 0.3 is 6.09 Å². The monoisotopic (exact) mass is 293 g/mol. The Kier molecular flexibility index (Phi) is 6.66. The number of nitrogens with zero attached hydrogens (tertiary/aromatic N) is 2. The van der Waals surface area contributed by atoms with E-state index < -0.39 is 6.09 Å². The van der Waals surface area contributed by atoms with Crippen LogP contribution in [-0.4, -0.2) is 40.1 Å². The summed E-state index contributed by atoms with van der Waals surface area (Å²) in [5.41, 5.74) is 1.11. The van der Waals surface area contributed by atoms with Gasteiger partial charge in [0.25, 0.3) is 0 Å². The lowest BCUT2D eigenvalue weighted by atomic mass is 10.1. The van der Waals surface area contributed by atoms with Gasteiger partial charge in [-0.1, -0.05) is 30.3 Å². The van der Waals surface area contributed by atoms with Crippen molar-refractivity contribution < 1.29 is 9.90 Å². The van der Waals surface area contributed by atoms with Gasteiger partial charge in [0.15, 0.2) is 0 Å². The second-order valence-electron chi connectivity index (χ2n) is 4.10. The van der Waals surface area contributed by atoms with Gasteiger partial charge < -0.3 is 10.0 Å². The zero-order valence-corrected chi connectivity index (χ0v) is 12.5. The van der Waals surface area contributed by atoms with Gasteiger partial charge in [-0.05, 0) is 31.6 Å². The molecule has 0 aliphatic rings. The summed E-state index contributed by atoms with van der Waals surface area (Å²) in [5.74, 6) is 0.764. The summed E-state index contributed by atoms with van der Waals surface area (Å²) in [7, 11) is 0. The SMILES string of the molecule is CCN(CC)C(Cc1ccccc1)=NC(=S)NC(=O)O. The van der Waals surface area contributed by atoms with E-state index in [0.717, 1.165) is 24.5 Å². The molecule has 0 aliphatic heterocycles. The standard InChI is InChI=1S/C14H19N3O2S/c1-3-17(4-2)12(15-13(20)16-14(18)19)10-11-8-6-5-7-9-11/h5-9H,3-4,10H2,1-2H3,(H,16,20)(H,18,19). The lowest BCUT2D eigenvalue weighted by Gasteiger charge is -2.23. The van der Waals surface area contributed by atoms with Crippen LogP contribution in [0.1, 0.15) is 19.4 Å². The molecule has 0 aromatic heterocycles. The molecule has 0 radical (unpaired) electrons. The minimum absolute atomic E-state index is 0.0321. The number of carbonyl (C=O) groups is 1. The molecular formula is C14H19N3O2S. The largest absolute Gasteiger partial charge is 0.465 e. The summed E-state index contributed by atoms with van der Waals surface area (Å²) in [6.07, 6.45) is -0.582. The Hall–Kier alpha value is -1.95. The van der Waals surface area contributed by atoms with E-state index in [1.165, 1.54) is 0 Å². The maximum absolute atomic E-state index is 10.6. The summed E-state index contributed by atoms with van der Waals surface area (Å²) in [6.45, 7) is 5.63. The molecule has 1 aromatic carbocycles. The van der Waals surface area contributed by atoms with E-state index in [0.29, 0.717) is 6.42 Å². The molecule has 2 N–H and O–H groups in total. The molecule has 0 spiro atoms.